The van der Waals surface area contributed by atoms with E-state index in [2.05, 4.69) is 367 Å². The Morgan fingerprint density at radius 1 is 0.143 bits per heavy atom. The minimum atomic E-state index is 0.601. The summed E-state index contributed by atoms with van der Waals surface area (Å²) in [6.45, 7) is 14.7. The molecule has 0 amide bonds. The quantitative estimate of drug-likeness (QED) is 0.139. The average molecular weight is 1700 g/mol. The van der Waals surface area contributed by atoms with Crippen LogP contribution < -0.4 is 0 Å². The van der Waals surface area contributed by atoms with Crippen molar-refractivity contribution in [2.45, 2.75) is 48.5 Å². The summed E-state index contributed by atoms with van der Waals surface area (Å²) in [6.07, 6.45) is 0. The maximum Gasteiger partial charge on any atom is 0.101 e. The third-order valence-corrected chi connectivity index (χ3v) is 26.4. The summed E-state index contributed by atoms with van der Waals surface area (Å²) >= 11 is 0. The van der Waals surface area contributed by atoms with Crippen molar-refractivity contribution in [3.8, 4) is 104 Å². The van der Waals surface area contributed by atoms with Crippen molar-refractivity contribution in [2.24, 2.45) is 0 Å². The lowest BCUT2D eigenvalue weighted by Gasteiger charge is -2.15. The first kappa shape index (κ1) is 80.5. The second-order valence-corrected chi connectivity index (χ2v) is 34.8. The van der Waals surface area contributed by atoms with Crippen molar-refractivity contribution in [1.29, 1.82) is 31.6 Å². The molecule has 0 atom stereocenters. The van der Waals surface area contributed by atoms with E-state index < -0.39 is 0 Å². The van der Waals surface area contributed by atoms with Crippen LogP contribution in [0.3, 0.4) is 0 Å². The van der Waals surface area contributed by atoms with Crippen LogP contribution in [0.1, 0.15) is 72.3 Å². The molecule has 12 nitrogen and oxygen atoms in total. The van der Waals surface area contributed by atoms with Gasteiger partial charge >= 0.3 is 0 Å². The highest BCUT2D eigenvalue weighted by atomic mass is 15.0. The van der Waals surface area contributed by atoms with Gasteiger partial charge in [-0.15, -0.1) is 0 Å². The molecule has 0 bridgehead atoms. The smallest absolute Gasteiger partial charge is 0.101 e. The molecule has 12 heteroatoms. The number of hydrogen-bond donors (Lipinski definition) is 0. The molecule has 18 aromatic carbocycles. The Morgan fingerprint density at radius 2 is 0.301 bits per heavy atom. The van der Waals surface area contributed by atoms with Gasteiger partial charge in [0.1, 0.15) is 36.4 Å². The second-order valence-electron chi connectivity index (χ2n) is 34.8. The Bertz CT molecular complexity index is 8990. The molecule has 0 saturated heterocycles. The van der Waals surface area contributed by atoms with E-state index in [4.69, 9.17) is 0 Å². The van der Waals surface area contributed by atoms with E-state index in [1.54, 1.807) is 0 Å². The van der Waals surface area contributed by atoms with E-state index in [9.17, 15) is 31.6 Å². The molecular weight excluding hydrogens is 1620 g/mol. The van der Waals surface area contributed by atoms with Crippen LogP contribution in [0.4, 0.5) is 0 Å². The van der Waals surface area contributed by atoms with Gasteiger partial charge in [0.05, 0.1) is 134 Å². The maximum absolute atomic E-state index is 10.3. The molecule has 133 heavy (non-hydrogen) atoms. The maximum atomic E-state index is 10.3. The van der Waals surface area contributed by atoms with Crippen LogP contribution in [-0.2, 0) is 0 Å². The number of rotatable bonds is 9. The Labute approximate surface area is 767 Å². The van der Waals surface area contributed by atoms with Gasteiger partial charge < -0.3 is 27.4 Å². The van der Waals surface area contributed by atoms with Crippen molar-refractivity contribution >= 4 is 131 Å². The zero-order valence-corrected chi connectivity index (χ0v) is 73.9. The van der Waals surface area contributed by atoms with Crippen molar-refractivity contribution < 1.29 is 0 Å². The van der Waals surface area contributed by atoms with Crippen LogP contribution in [0.15, 0.2) is 358 Å². The molecule has 0 radical (unpaired) electrons. The third-order valence-electron chi connectivity index (χ3n) is 26.4. The molecule has 0 spiro atoms. The molecule has 624 valence electrons. The number of nitriles is 6. The third kappa shape index (κ3) is 13.4. The van der Waals surface area contributed by atoms with Gasteiger partial charge in [0.15, 0.2) is 0 Å². The van der Waals surface area contributed by atoms with Crippen LogP contribution >= 0.6 is 0 Å². The summed E-state index contributed by atoms with van der Waals surface area (Å²) < 4.78 is 13.3. The number of nitrogens with zero attached hydrogens (tertiary/aromatic N) is 12. The summed E-state index contributed by atoms with van der Waals surface area (Å²) in [5.41, 5.74) is 35.4. The van der Waals surface area contributed by atoms with Crippen LogP contribution in [0, 0.1) is 116 Å². The van der Waals surface area contributed by atoms with E-state index in [0.29, 0.717) is 33.4 Å². The molecule has 0 fully saturated rings. The Hall–Kier alpha value is -18.3. The van der Waals surface area contributed by atoms with Crippen molar-refractivity contribution in [2.75, 3.05) is 0 Å². The monoisotopic (exact) mass is 1700 g/mol. The SMILES string of the molecule is Cc1ccc2c(c1)c1ccccc1n2-c1cc(-c2ccc(C#N)c(-n3c4ccccc4c4cc(C)ccc43)c2)ccc1C#N.Cc1ccc2c3ccccc3n(-c3cc(-c4ccc(C#N)c(-n5c6cc(C)ccc6c6ccc(C)cc65)c4)ccc3C#N)c2c1.Cc1ccc2c3ccccc3n(-c3cc(-c4ccc(C#N)c(-n5c6ccccc6c6ccc(C)cc65)c4)ccc3C#N)c2c1. The molecule has 6 heterocycles. The number of aryl methyl sites for hydroxylation is 7. The van der Waals surface area contributed by atoms with Gasteiger partial charge in [-0.3, -0.25) is 0 Å². The highest BCUT2D eigenvalue weighted by Gasteiger charge is 2.26. The van der Waals surface area contributed by atoms with Crippen LogP contribution in [0.5, 0.6) is 0 Å². The first-order chi connectivity index (χ1) is 65.0. The highest BCUT2D eigenvalue weighted by Crippen LogP contribution is 2.45. The molecule has 24 rings (SSSR count). The fourth-order valence-electron chi connectivity index (χ4n) is 20.2. The minimum absolute atomic E-state index is 0.601. The number of benzene rings is 18. The molecule has 0 saturated carbocycles. The fourth-order valence-corrected chi connectivity index (χ4v) is 20.2. The lowest BCUT2D eigenvalue weighted by molar-refractivity contribution is 1.16. The Morgan fingerprint density at radius 3 is 0.511 bits per heavy atom. The van der Waals surface area contributed by atoms with E-state index >= 15 is 0 Å². The first-order valence-electron chi connectivity index (χ1n) is 44.3. The predicted octanol–water partition coefficient (Wildman–Crippen LogP) is 30.0. The van der Waals surface area contributed by atoms with Crippen molar-refractivity contribution in [3.05, 3.63) is 430 Å². The number of fused-ring (bicyclic) bond motifs is 18. The lowest BCUT2D eigenvalue weighted by atomic mass is 9.99. The van der Waals surface area contributed by atoms with Crippen LogP contribution in [0.25, 0.3) is 198 Å². The van der Waals surface area contributed by atoms with E-state index in [1.165, 1.54) is 11.1 Å². The first-order valence-corrected chi connectivity index (χ1v) is 44.3. The van der Waals surface area contributed by atoms with Gasteiger partial charge in [0.25, 0.3) is 0 Å². The molecule has 24 aromatic rings. The standard InChI is InChI=1S/C41H28N4.2C40H26N4/c1-25-8-15-33-32-6-4-5-7-36(32)44(39(33)18-25)37-21-28(11-13-30(37)23-42)29-12-14-31(24-43)38(22-29)45-40-19-26(2)9-16-34(40)35-17-10-27(3)20-41(35)45;1-25-11-17-37-33(19-25)31-7-3-5-9-35(31)43(37)39-21-27(13-15-29(39)23-41)28-14-16-30(24-42)40(22-28)44-36-10-6-4-8-32(36)34-20-26(2)12-18-38(34)44;1-25-11-17-33-31-7-3-5-9-35(31)43(39(33)19-25)37-21-27(13-15-29(37)23-41)28-14-16-30(24-42)38(22-28)44-36-10-6-4-8-32(36)34-18-12-26(2)20-40(34)44/h4-22H,1-3H3;2*3-22H,1-2H3. The lowest BCUT2D eigenvalue weighted by Crippen LogP contribution is -2.00. The topological polar surface area (TPSA) is 172 Å². The summed E-state index contributed by atoms with van der Waals surface area (Å²) in [4.78, 5) is 0. The molecular formula is C121H80N12. The number of aromatic nitrogens is 6. The van der Waals surface area contributed by atoms with E-state index in [1.807, 2.05) is 103 Å². The largest absolute Gasteiger partial charge is 0.308 e. The Balaban J connectivity index is 0.000000116. The number of hydrogen-bond acceptors (Lipinski definition) is 6. The second kappa shape index (κ2) is 32.2. The minimum Gasteiger partial charge on any atom is -0.308 e. The van der Waals surface area contributed by atoms with Crippen LogP contribution in [0.2, 0.25) is 0 Å². The normalized spacial score (nSPS) is 11.4. The van der Waals surface area contributed by atoms with Crippen molar-refractivity contribution in [1.82, 2.24) is 27.4 Å². The van der Waals surface area contributed by atoms with Gasteiger partial charge in [0.2, 0.25) is 0 Å². The zero-order chi connectivity index (χ0) is 90.7. The zero-order valence-electron chi connectivity index (χ0n) is 73.9. The molecule has 0 unspecified atom stereocenters. The van der Waals surface area contributed by atoms with Gasteiger partial charge in [-0.1, -0.05) is 211 Å². The predicted molar refractivity (Wildman–Crippen MR) is 543 cm³/mol. The molecule has 0 aliphatic rings. The average Bonchev–Trinajstić information content (AvgIpc) is 1.61. The van der Waals surface area contributed by atoms with Gasteiger partial charge in [-0.05, 0) is 267 Å². The van der Waals surface area contributed by atoms with Crippen molar-refractivity contribution in [3.63, 3.8) is 0 Å². The summed E-state index contributed by atoms with van der Waals surface area (Å²) in [5, 5.41) is 75.3. The summed E-state index contributed by atoms with van der Waals surface area (Å²) in [5.74, 6) is 0. The fraction of sp³-hybridized carbons (Fsp3) is 0.0579. The Kier molecular flexibility index (Phi) is 19.5. The van der Waals surface area contributed by atoms with E-state index in [-0.39, 0.29) is 0 Å². The highest BCUT2D eigenvalue weighted by molar-refractivity contribution is 6.15. The molecule has 6 aromatic heterocycles. The van der Waals surface area contributed by atoms with Gasteiger partial charge in [-0.2, -0.15) is 31.6 Å². The van der Waals surface area contributed by atoms with Gasteiger partial charge in [0, 0.05) is 64.6 Å². The molecule has 0 aliphatic carbocycles. The summed E-state index contributed by atoms with van der Waals surface area (Å²) in [6, 6.07) is 138. The van der Waals surface area contributed by atoms with Gasteiger partial charge in [-0.25, -0.2) is 0 Å². The van der Waals surface area contributed by atoms with E-state index in [0.717, 1.165) is 226 Å². The number of para-hydroxylation sites is 5. The summed E-state index contributed by atoms with van der Waals surface area (Å²) in [7, 11) is 0. The molecule has 0 aliphatic heterocycles. The van der Waals surface area contributed by atoms with Crippen LogP contribution in [-0.4, -0.2) is 27.4 Å². The molecule has 0 N–H and O–H groups in total.